The van der Waals surface area contributed by atoms with Crippen molar-refractivity contribution in [3.63, 3.8) is 0 Å². The quantitative estimate of drug-likeness (QED) is 0.00714. The molecule has 7 nitrogen and oxygen atoms in total. The average Bonchev–Trinajstić information content (AvgIpc) is 1.62. The van der Waals surface area contributed by atoms with Crippen molar-refractivity contribution in [2.45, 2.75) is 339 Å². The molecule has 0 aliphatic rings. The van der Waals surface area contributed by atoms with Gasteiger partial charge >= 0.3 is 17.9 Å². The summed E-state index contributed by atoms with van der Waals surface area (Å²) in [6.45, 7) is 22.2. The normalized spacial score (nSPS) is 11.7. The first-order chi connectivity index (χ1) is 52.4. The van der Waals surface area contributed by atoms with Crippen LogP contribution < -0.4 is 0 Å². The molecule has 15 heteroatoms. The van der Waals surface area contributed by atoms with Crippen molar-refractivity contribution >= 4 is 124 Å². The Morgan fingerprint density at radius 1 is 0.271 bits per heavy atom. The lowest BCUT2D eigenvalue weighted by atomic mass is 10.0. The van der Waals surface area contributed by atoms with Gasteiger partial charge in [-0.3, -0.25) is 0 Å². The lowest BCUT2D eigenvalue weighted by molar-refractivity contribution is -0.146. The van der Waals surface area contributed by atoms with Crippen molar-refractivity contribution in [3.8, 4) is 58.5 Å². The Morgan fingerprint density at radius 2 is 0.495 bits per heavy atom. The third kappa shape index (κ3) is 29.8. The average molecular weight is 1610 g/mol. The number of ether oxygens (including phenoxy) is 4. The molecule has 590 valence electrons. The summed E-state index contributed by atoms with van der Waals surface area (Å²) in [6, 6.07) is 19.8. The van der Waals surface area contributed by atoms with E-state index in [-0.39, 0.29) is 31.4 Å². The van der Waals surface area contributed by atoms with E-state index in [4.69, 9.17) is 18.9 Å². The zero-order valence-electron chi connectivity index (χ0n) is 67.5. The summed E-state index contributed by atoms with van der Waals surface area (Å²) in [5, 5.41) is 0. The van der Waals surface area contributed by atoms with Gasteiger partial charge < -0.3 is 18.9 Å². The lowest BCUT2D eigenvalue weighted by Gasteiger charge is -2.08. The fourth-order valence-corrected chi connectivity index (χ4v) is 23.6. The minimum Gasteiger partial charge on any atom is -0.462 e. The highest BCUT2D eigenvalue weighted by Crippen LogP contribution is 2.53. The second kappa shape index (κ2) is 52.3. The van der Waals surface area contributed by atoms with Gasteiger partial charge in [0.2, 0.25) is 0 Å². The van der Waals surface area contributed by atoms with Crippen LogP contribution in [-0.2, 0) is 71.9 Å². The number of thiophene rings is 7. The van der Waals surface area contributed by atoms with Crippen LogP contribution in [0.2, 0.25) is 0 Å². The van der Waals surface area contributed by atoms with E-state index in [9.17, 15) is 14.4 Å². The first-order valence-electron chi connectivity index (χ1n) is 42.4. The predicted octanol–water partition coefficient (Wildman–Crippen LogP) is 31.3. The zero-order valence-corrected chi connectivity index (χ0v) is 74.2. The van der Waals surface area contributed by atoms with E-state index in [2.05, 4.69) is 98.9 Å². The van der Waals surface area contributed by atoms with Crippen molar-refractivity contribution < 1.29 is 33.3 Å². The highest BCUT2D eigenvalue weighted by atomic mass is 32.1. The van der Waals surface area contributed by atoms with Gasteiger partial charge in [-0.15, -0.1) is 79.4 Å². The van der Waals surface area contributed by atoms with E-state index in [1.165, 1.54) is 304 Å². The highest BCUT2D eigenvalue weighted by Gasteiger charge is 2.27. The maximum absolute atomic E-state index is 13.6. The van der Waals surface area contributed by atoms with Gasteiger partial charge in [0.05, 0.1) is 32.0 Å². The lowest BCUT2D eigenvalue weighted by Crippen LogP contribution is -2.18. The van der Waals surface area contributed by atoms with E-state index in [1.807, 2.05) is 87.9 Å². The molecule has 0 fully saturated rings. The fraction of sp³-hybridized carbons (Fsp3) is 0.609. The van der Waals surface area contributed by atoms with E-state index >= 15 is 0 Å². The molecule has 0 aromatic carbocycles. The molecule has 0 saturated carbocycles. The first-order valence-corrected chi connectivity index (χ1v) is 48.6. The van der Waals surface area contributed by atoms with Crippen LogP contribution in [0.3, 0.4) is 0 Å². The third-order valence-electron chi connectivity index (χ3n) is 20.2. The summed E-state index contributed by atoms with van der Waals surface area (Å²) in [4.78, 5) is 58.8. The van der Waals surface area contributed by atoms with Crippen LogP contribution in [0.4, 0.5) is 0 Å². The Morgan fingerprint density at radius 3 is 0.766 bits per heavy atom. The van der Waals surface area contributed by atoms with Crippen LogP contribution in [0.1, 0.15) is 344 Å². The number of hydrogen-bond donors (Lipinski definition) is 0. The monoisotopic (exact) mass is 1600 g/mol. The second-order valence-electron chi connectivity index (χ2n) is 29.2. The molecule has 0 aliphatic heterocycles. The van der Waals surface area contributed by atoms with Crippen LogP contribution in [0.15, 0.2) is 59.7 Å². The smallest absolute Gasteiger partial charge is 0.345 e. The van der Waals surface area contributed by atoms with Crippen LogP contribution in [0.25, 0.3) is 70.7 Å². The number of esters is 3. The number of carbonyl (C=O) groups excluding carboxylic acids is 3. The third-order valence-corrected chi connectivity index (χ3v) is 29.8. The summed E-state index contributed by atoms with van der Waals surface area (Å²) < 4.78 is 22.4. The van der Waals surface area contributed by atoms with E-state index < -0.39 is 11.9 Å². The number of unbranched alkanes of at least 4 members (excludes halogenated alkanes) is 30. The molecule has 0 unspecified atom stereocenters. The Labute approximate surface area is 678 Å². The van der Waals surface area contributed by atoms with Gasteiger partial charge in [-0.25, -0.2) is 14.4 Å². The molecule has 0 atom stereocenters. The number of hydrogen-bond acceptors (Lipinski definition) is 14. The molecule has 0 amide bonds. The molecule has 0 bridgehead atoms. The fourth-order valence-electron chi connectivity index (χ4n) is 14.3. The Hall–Kier alpha value is -4.08. The van der Waals surface area contributed by atoms with Gasteiger partial charge in [-0.05, 0) is 199 Å². The minimum absolute atomic E-state index is 0.0525. The first kappa shape index (κ1) is 90.1. The summed E-state index contributed by atoms with van der Waals surface area (Å²) in [5.74, 6) is -1.67. The van der Waals surface area contributed by atoms with Gasteiger partial charge in [0.25, 0.3) is 0 Å². The molecule has 0 N–H and O–H groups in total. The van der Waals surface area contributed by atoms with E-state index in [1.54, 1.807) is 31.3 Å². The maximum Gasteiger partial charge on any atom is 0.345 e. The second-order valence-corrected chi connectivity index (χ2v) is 37.1. The largest absolute Gasteiger partial charge is 0.462 e. The molecule has 7 aromatic heterocycles. The Balaban J connectivity index is 1.37. The summed E-state index contributed by atoms with van der Waals surface area (Å²) in [7, 11) is 3.69. The van der Waals surface area contributed by atoms with Gasteiger partial charge in [0.15, 0.2) is 0 Å². The molecule has 0 radical (unpaired) electrons. The van der Waals surface area contributed by atoms with E-state index in [0.717, 1.165) is 67.5 Å². The topological polar surface area (TPSA) is 88.1 Å². The summed E-state index contributed by atoms with van der Waals surface area (Å²) in [5.41, 5.74) is 9.32. The van der Waals surface area contributed by atoms with Gasteiger partial charge in [-0.2, -0.15) is 0 Å². The van der Waals surface area contributed by atoms with Crippen molar-refractivity contribution in [2.24, 2.45) is 0 Å². The molecule has 7 aromatic rings. The summed E-state index contributed by atoms with van der Waals surface area (Å²) >= 11 is 13.5. The number of aryl methyl sites for hydroxylation is 6. The summed E-state index contributed by atoms with van der Waals surface area (Å²) in [6.07, 6.45) is 54.7. The van der Waals surface area contributed by atoms with E-state index in [0.29, 0.717) is 17.7 Å². The zero-order chi connectivity index (χ0) is 76.4. The maximum atomic E-state index is 13.6. The molecular weight excluding hydrogens is 1470 g/mol. The number of rotatable bonds is 59. The van der Waals surface area contributed by atoms with Crippen LogP contribution in [0, 0.1) is 0 Å². The molecule has 0 aliphatic carbocycles. The SMILES string of the molecule is CCCCCCCCc1cc(C=C(C(=O)OCC)C(=O)OCC)sc1-c1cc(CCCCCCCC)c(-c2cc(CCCCCCCC)c(-c3ccc(-c4sc(-c5sc(-c6sc(/C=C(\C(=O)OCC)C(=P)OCC)cc6CCCCCCCC)cc5CCCCCCCC)cc4CCCCCCCC)s3)s2)s1. The number of carbonyl (C=O) groups is 3. The Kier molecular flexibility index (Phi) is 44.0. The van der Waals surface area contributed by atoms with Crippen LogP contribution in [-0.4, -0.2) is 49.8 Å². The molecule has 0 saturated heterocycles. The van der Waals surface area contributed by atoms with Crippen molar-refractivity contribution in [2.75, 3.05) is 26.4 Å². The predicted molar refractivity (Wildman–Crippen MR) is 477 cm³/mol. The molecule has 0 spiro atoms. The van der Waals surface area contributed by atoms with Crippen molar-refractivity contribution in [3.05, 3.63) is 103 Å². The minimum atomic E-state index is -0.641. The van der Waals surface area contributed by atoms with Crippen LogP contribution in [0.5, 0.6) is 0 Å². The molecule has 107 heavy (non-hydrogen) atoms. The van der Waals surface area contributed by atoms with Gasteiger partial charge in [0, 0.05) is 68.3 Å². The van der Waals surface area contributed by atoms with Crippen molar-refractivity contribution in [1.29, 1.82) is 0 Å². The van der Waals surface area contributed by atoms with Gasteiger partial charge in [0.1, 0.15) is 11.1 Å². The Bertz CT molecular complexity index is 3500. The van der Waals surface area contributed by atoms with Gasteiger partial charge in [-0.1, -0.05) is 243 Å². The molecule has 7 heterocycles. The molecule has 7 rings (SSSR count). The van der Waals surface area contributed by atoms with Crippen molar-refractivity contribution in [1.82, 2.24) is 0 Å². The highest BCUT2D eigenvalue weighted by molar-refractivity contribution is 7.31. The van der Waals surface area contributed by atoms with Crippen LogP contribution >= 0.6 is 88.2 Å². The molecular formula is C92H133O7PS7. The standard InChI is InChI=1S/C92H133O7PS7/c1-11-21-27-33-39-45-51-67-59-73(65-75(89(93)96-17-7)90(94)97-18-8)101-85(67)79-63-71(55-49-43-37-31-25-15-5)87(106-79)81-61-69(53-47-41-35-29-23-13-3)83(104-81)77-57-58-78(103-77)84-70(54-48-42-36-30-24-14-4)62-82(105-84)88-72(56-50-44-38-32-26-16-6)64-80(107-88)86-68(52-46-40-34-28-22-12-2)60-74(102-86)66-76(91(95)98-19-9)92(100)99-20-10/h57-66,100H,11-56H2,1-10H3/b76-66+.